The van der Waals surface area contributed by atoms with Crippen molar-refractivity contribution in [2.24, 2.45) is 0 Å². The van der Waals surface area contributed by atoms with Crippen LogP contribution < -0.4 is 10.2 Å². The molecule has 0 unspecified atom stereocenters. The quantitative estimate of drug-likeness (QED) is 0.939. The second-order valence-corrected chi connectivity index (χ2v) is 6.75. The summed E-state index contributed by atoms with van der Waals surface area (Å²) in [5.74, 6) is 0.547. The van der Waals surface area contributed by atoms with Crippen LogP contribution in [-0.4, -0.2) is 29.4 Å². The zero-order valence-electron chi connectivity index (χ0n) is 14.9. The summed E-state index contributed by atoms with van der Waals surface area (Å²) in [4.78, 5) is 30.2. The van der Waals surface area contributed by atoms with Crippen molar-refractivity contribution >= 4 is 17.5 Å². The van der Waals surface area contributed by atoms with E-state index >= 15 is 0 Å². The molecule has 0 radical (unpaired) electrons. The maximum absolute atomic E-state index is 12.5. The Hall–Kier alpha value is -2.63. The first-order valence-electron chi connectivity index (χ1n) is 7.73. The highest BCUT2D eigenvalue weighted by Gasteiger charge is 2.21. The molecule has 0 aliphatic carbocycles. The molecule has 1 N–H and O–H groups in total. The number of aryl methyl sites for hydroxylation is 2. The maximum Gasteiger partial charge on any atom is 0.280 e. The predicted octanol–water partition coefficient (Wildman–Crippen LogP) is 3.10. The average molecular weight is 329 g/mol. The molecule has 2 amide bonds. The van der Waals surface area contributed by atoms with Crippen molar-refractivity contribution in [3.63, 3.8) is 0 Å². The largest absolute Gasteiger partial charge is 0.445 e. The van der Waals surface area contributed by atoms with Crippen LogP contribution >= 0.6 is 0 Å². The SMILES string of the molecule is Cc1nc(C(=O)N(C)c2ccc(C(=O)NC(C)(C)C)cc2)c(C)o1. The zero-order chi connectivity index (χ0) is 18.1. The molecule has 0 spiro atoms. The van der Waals surface area contributed by atoms with Crippen molar-refractivity contribution in [1.82, 2.24) is 10.3 Å². The Balaban J connectivity index is 2.17. The van der Waals surface area contributed by atoms with E-state index in [1.165, 1.54) is 4.90 Å². The van der Waals surface area contributed by atoms with Crippen LogP contribution in [0.4, 0.5) is 5.69 Å². The summed E-state index contributed by atoms with van der Waals surface area (Å²) in [6.07, 6.45) is 0. The Kier molecular flexibility index (Phi) is 4.78. The minimum atomic E-state index is -0.301. The first-order valence-corrected chi connectivity index (χ1v) is 7.73. The van der Waals surface area contributed by atoms with Crippen LogP contribution in [0.1, 0.15) is 53.3 Å². The number of hydrogen-bond acceptors (Lipinski definition) is 4. The van der Waals surface area contributed by atoms with Gasteiger partial charge >= 0.3 is 0 Å². The molecule has 2 rings (SSSR count). The van der Waals surface area contributed by atoms with E-state index in [2.05, 4.69) is 10.3 Å². The third kappa shape index (κ3) is 4.01. The van der Waals surface area contributed by atoms with Gasteiger partial charge in [0.2, 0.25) is 0 Å². The highest BCUT2D eigenvalue weighted by molar-refractivity contribution is 6.05. The van der Waals surface area contributed by atoms with Crippen LogP contribution in [0.3, 0.4) is 0 Å². The van der Waals surface area contributed by atoms with Gasteiger partial charge in [-0.15, -0.1) is 0 Å². The van der Waals surface area contributed by atoms with E-state index in [9.17, 15) is 9.59 Å². The number of benzene rings is 1. The van der Waals surface area contributed by atoms with Gasteiger partial charge in [0.15, 0.2) is 11.6 Å². The number of nitrogens with zero attached hydrogens (tertiary/aromatic N) is 2. The number of amides is 2. The second kappa shape index (κ2) is 6.47. The zero-order valence-corrected chi connectivity index (χ0v) is 14.9. The number of anilines is 1. The van der Waals surface area contributed by atoms with Crippen LogP contribution in [0.2, 0.25) is 0 Å². The molecular weight excluding hydrogens is 306 g/mol. The fourth-order valence-corrected chi connectivity index (χ4v) is 2.25. The lowest BCUT2D eigenvalue weighted by molar-refractivity contribution is 0.0919. The lowest BCUT2D eigenvalue weighted by Gasteiger charge is -2.21. The van der Waals surface area contributed by atoms with E-state index in [0.29, 0.717) is 28.6 Å². The van der Waals surface area contributed by atoms with Gasteiger partial charge in [0.05, 0.1) is 0 Å². The lowest BCUT2D eigenvalue weighted by atomic mass is 10.1. The number of carbonyl (C=O) groups is 2. The third-order valence-corrected chi connectivity index (χ3v) is 3.42. The topological polar surface area (TPSA) is 75.4 Å². The van der Waals surface area contributed by atoms with Gasteiger partial charge in [0.1, 0.15) is 5.76 Å². The number of carbonyl (C=O) groups excluding carboxylic acids is 2. The van der Waals surface area contributed by atoms with Gasteiger partial charge in [-0.3, -0.25) is 9.59 Å². The Morgan fingerprint density at radius 3 is 2.17 bits per heavy atom. The van der Waals surface area contributed by atoms with E-state index in [-0.39, 0.29) is 17.4 Å². The summed E-state index contributed by atoms with van der Waals surface area (Å²) >= 11 is 0. The highest BCUT2D eigenvalue weighted by Crippen LogP contribution is 2.19. The Labute approximate surface area is 141 Å². The molecule has 0 aliphatic rings. The monoisotopic (exact) mass is 329 g/mol. The standard InChI is InChI=1S/C18H23N3O3/c1-11-15(19-12(2)24-11)17(23)21(6)14-9-7-13(8-10-14)16(22)20-18(3,4)5/h7-10H,1-6H3,(H,20,22). The summed E-state index contributed by atoms with van der Waals surface area (Å²) in [5, 5.41) is 2.90. The molecule has 0 bridgehead atoms. The Morgan fingerprint density at radius 1 is 1.12 bits per heavy atom. The number of nitrogens with one attached hydrogen (secondary N) is 1. The van der Waals surface area contributed by atoms with Gasteiger partial charge in [-0.25, -0.2) is 4.98 Å². The van der Waals surface area contributed by atoms with Crippen LogP contribution in [0.25, 0.3) is 0 Å². The normalized spacial score (nSPS) is 11.2. The van der Waals surface area contributed by atoms with E-state index < -0.39 is 0 Å². The smallest absolute Gasteiger partial charge is 0.280 e. The van der Waals surface area contributed by atoms with Crippen molar-refractivity contribution in [3.8, 4) is 0 Å². The molecule has 0 aliphatic heterocycles. The molecule has 1 heterocycles. The number of oxazole rings is 1. The molecular formula is C18H23N3O3. The van der Waals surface area contributed by atoms with Gasteiger partial charge in [-0.1, -0.05) is 0 Å². The van der Waals surface area contributed by atoms with Gasteiger partial charge < -0.3 is 14.6 Å². The first kappa shape index (κ1) is 17.7. The van der Waals surface area contributed by atoms with E-state index in [1.807, 2.05) is 20.8 Å². The van der Waals surface area contributed by atoms with Crippen LogP contribution in [-0.2, 0) is 0 Å². The lowest BCUT2D eigenvalue weighted by Crippen LogP contribution is -2.40. The highest BCUT2D eigenvalue weighted by atomic mass is 16.4. The molecule has 1 aromatic carbocycles. The molecule has 0 atom stereocenters. The molecule has 6 nitrogen and oxygen atoms in total. The molecule has 0 saturated carbocycles. The second-order valence-electron chi connectivity index (χ2n) is 6.75. The molecule has 0 saturated heterocycles. The number of rotatable bonds is 3. The molecule has 6 heteroatoms. The van der Waals surface area contributed by atoms with Gasteiger partial charge in [-0.2, -0.15) is 0 Å². The molecule has 2 aromatic rings. The molecule has 0 fully saturated rings. The Bertz CT molecular complexity index is 755. The van der Waals surface area contributed by atoms with Crippen LogP contribution in [0.15, 0.2) is 28.7 Å². The number of hydrogen-bond donors (Lipinski definition) is 1. The molecule has 24 heavy (non-hydrogen) atoms. The van der Waals surface area contributed by atoms with Crippen molar-refractivity contribution in [3.05, 3.63) is 47.2 Å². The van der Waals surface area contributed by atoms with E-state index in [4.69, 9.17) is 4.42 Å². The summed E-state index contributed by atoms with van der Waals surface area (Å²) in [6, 6.07) is 6.86. The molecule has 1 aromatic heterocycles. The fraction of sp³-hybridized carbons (Fsp3) is 0.389. The van der Waals surface area contributed by atoms with Crippen molar-refractivity contribution < 1.29 is 14.0 Å². The number of aromatic nitrogens is 1. The maximum atomic E-state index is 12.5. The molecule has 128 valence electrons. The van der Waals surface area contributed by atoms with E-state index in [0.717, 1.165) is 0 Å². The Morgan fingerprint density at radius 2 is 1.71 bits per heavy atom. The minimum absolute atomic E-state index is 0.147. The van der Waals surface area contributed by atoms with Crippen molar-refractivity contribution in [2.45, 2.75) is 40.2 Å². The van der Waals surface area contributed by atoms with Gasteiger partial charge in [0.25, 0.3) is 11.8 Å². The van der Waals surface area contributed by atoms with Gasteiger partial charge in [0, 0.05) is 30.8 Å². The van der Waals surface area contributed by atoms with Crippen LogP contribution in [0, 0.1) is 13.8 Å². The fourth-order valence-electron chi connectivity index (χ4n) is 2.25. The first-order chi connectivity index (χ1) is 11.1. The van der Waals surface area contributed by atoms with E-state index in [1.54, 1.807) is 45.2 Å². The van der Waals surface area contributed by atoms with Crippen LogP contribution in [0.5, 0.6) is 0 Å². The third-order valence-electron chi connectivity index (χ3n) is 3.42. The summed E-state index contributed by atoms with van der Waals surface area (Å²) in [7, 11) is 1.66. The predicted molar refractivity (Wildman–Crippen MR) is 92.4 cm³/mol. The van der Waals surface area contributed by atoms with Gasteiger partial charge in [-0.05, 0) is 52.0 Å². The minimum Gasteiger partial charge on any atom is -0.445 e. The summed E-state index contributed by atoms with van der Waals surface area (Å²) < 4.78 is 5.31. The van der Waals surface area contributed by atoms with Crippen molar-refractivity contribution in [2.75, 3.05) is 11.9 Å². The summed E-state index contributed by atoms with van der Waals surface area (Å²) in [6.45, 7) is 9.18. The van der Waals surface area contributed by atoms with Crippen molar-refractivity contribution in [1.29, 1.82) is 0 Å². The average Bonchev–Trinajstić information content (AvgIpc) is 2.83. The summed E-state index contributed by atoms with van der Waals surface area (Å²) in [5.41, 5.74) is 1.21.